The summed E-state index contributed by atoms with van der Waals surface area (Å²) >= 11 is 1.99. The summed E-state index contributed by atoms with van der Waals surface area (Å²) in [6.45, 7) is 3.28. The second-order valence-corrected chi connectivity index (χ2v) is 7.46. The fraction of sp³-hybridized carbons (Fsp3) is 0.875. The molecule has 3 rings (SSSR count). The summed E-state index contributed by atoms with van der Waals surface area (Å²) in [5, 5.41) is 7.95. The van der Waals surface area contributed by atoms with Crippen molar-refractivity contribution in [1.29, 1.82) is 0 Å². The molecule has 2 unspecified atom stereocenters. The van der Waals surface area contributed by atoms with Crippen LogP contribution in [0.1, 0.15) is 75.4 Å². The molecule has 2 aliphatic rings. The minimum Gasteiger partial charge on any atom is -0.339 e. The number of rotatable bonds is 5. The lowest BCUT2D eigenvalue weighted by molar-refractivity contribution is 0.333. The molecule has 1 N–H and O–H groups in total. The van der Waals surface area contributed by atoms with Gasteiger partial charge in [0, 0.05) is 23.5 Å². The number of hydrogen-bond donors (Lipinski definition) is 1. The lowest BCUT2D eigenvalue weighted by Crippen LogP contribution is -2.34. The van der Waals surface area contributed by atoms with E-state index >= 15 is 0 Å². The van der Waals surface area contributed by atoms with Crippen molar-refractivity contribution in [2.24, 2.45) is 0 Å². The molecule has 2 fully saturated rings. The van der Waals surface area contributed by atoms with Crippen LogP contribution in [0.15, 0.2) is 4.52 Å². The van der Waals surface area contributed by atoms with Gasteiger partial charge in [-0.2, -0.15) is 16.7 Å². The largest absolute Gasteiger partial charge is 0.339 e. The lowest BCUT2D eigenvalue weighted by atomic mass is 9.99. The third-order valence-electron chi connectivity index (χ3n) is 4.73. The Bertz CT molecular complexity index is 429. The standard InChI is InChI=1S/C16H27N3OS/c1-2-9-17-14-11-21-10-13(14)16-18-15(19-20-16)12-7-5-3-4-6-8-12/h12-14,17H,2-11H2,1H3. The molecular formula is C16H27N3OS. The van der Waals surface area contributed by atoms with Crippen LogP contribution in [0.2, 0.25) is 0 Å². The van der Waals surface area contributed by atoms with E-state index in [-0.39, 0.29) is 0 Å². The quantitative estimate of drug-likeness (QED) is 0.840. The summed E-state index contributed by atoms with van der Waals surface area (Å²) in [7, 11) is 0. The second-order valence-electron chi connectivity index (χ2n) is 6.38. The Morgan fingerprint density at radius 1 is 1.19 bits per heavy atom. The van der Waals surface area contributed by atoms with Crippen molar-refractivity contribution in [2.75, 3.05) is 18.1 Å². The van der Waals surface area contributed by atoms with Gasteiger partial charge in [-0.3, -0.25) is 0 Å². The summed E-state index contributed by atoms with van der Waals surface area (Å²) in [5.74, 6) is 5.03. The van der Waals surface area contributed by atoms with Crippen LogP contribution in [0.25, 0.3) is 0 Å². The molecular weight excluding hydrogens is 282 g/mol. The first-order valence-corrected chi connectivity index (χ1v) is 9.68. The predicted molar refractivity (Wildman–Crippen MR) is 86.9 cm³/mol. The van der Waals surface area contributed by atoms with E-state index in [1.807, 2.05) is 11.8 Å². The van der Waals surface area contributed by atoms with Crippen molar-refractivity contribution in [1.82, 2.24) is 15.5 Å². The third-order valence-corrected chi connectivity index (χ3v) is 5.92. The molecule has 118 valence electrons. The molecule has 1 aromatic heterocycles. The van der Waals surface area contributed by atoms with E-state index in [9.17, 15) is 0 Å². The van der Waals surface area contributed by atoms with Gasteiger partial charge in [-0.1, -0.05) is 37.8 Å². The normalized spacial score (nSPS) is 27.9. The molecule has 1 saturated heterocycles. The Morgan fingerprint density at radius 2 is 2.00 bits per heavy atom. The molecule has 1 aliphatic carbocycles. The van der Waals surface area contributed by atoms with Crippen molar-refractivity contribution < 1.29 is 4.52 Å². The average molecular weight is 309 g/mol. The predicted octanol–water partition coefficient (Wildman–Crippen LogP) is 3.71. The van der Waals surface area contributed by atoms with Crippen LogP contribution in [0, 0.1) is 0 Å². The van der Waals surface area contributed by atoms with Crippen LogP contribution in [-0.4, -0.2) is 34.2 Å². The van der Waals surface area contributed by atoms with Crippen LogP contribution < -0.4 is 5.32 Å². The van der Waals surface area contributed by atoms with Gasteiger partial charge in [-0.05, 0) is 25.8 Å². The number of nitrogens with zero attached hydrogens (tertiary/aromatic N) is 2. The van der Waals surface area contributed by atoms with Crippen molar-refractivity contribution in [3.05, 3.63) is 11.7 Å². The Hall–Kier alpha value is -0.550. The molecule has 1 aromatic rings. The average Bonchev–Trinajstić information content (AvgIpc) is 3.08. The Kier molecular flexibility index (Phi) is 5.58. The fourth-order valence-corrected chi connectivity index (χ4v) is 4.80. The maximum atomic E-state index is 5.64. The first-order valence-electron chi connectivity index (χ1n) is 8.53. The first kappa shape index (κ1) is 15.3. The highest BCUT2D eigenvalue weighted by Crippen LogP contribution is 2.34. The minimum atomic E-state index is 0.397. The molecule has 0 bridgehead atoms. The molecule has 2 atom stereocenters. The number of hydrogen-bond acceptors (Lipinski definition) is 5. The third kappa shape index (κ3) is 3.81. The van der Waals surface area contributed by atoms with Gasteiger partial charge < -0.3 is 9.84 Å². The second kappa shape index (κ2) is 7.63. The molecule has 0 radical (unpaired) electrons. The van der Waals surface area contributed by atoms with Gasteiger partial charge in [0.25, 0.3) is 0 Å². The summed E-state index contributed by atoms with van der Waals surface area (Å²) in [4.78, 5) is 4.78. The van der Waals surface area contributed by atoms with Crippen LogP contribution in [-0.2, 0) is 0 Å². The highest BCUT2D eigenvalue weighted by molar-refractivity contribution is 7.99. The molecule has 21 heavy (non-hydrogen) atoms. The zero-order valence-corrected chi connectivity index (χ0v) is 13.8. The van der Waals surface area contributed by atoms with Gasteiger partial charge in [-0.15, -0.1) is 0 Å². The first-order chi connectivity index (χ1) is 10.4. The fourth-order valence-electron chi connectivity index (χ4n) is 3.43. The van der Waals surface area contributed by atoms with E-state index in [1.165, 1.54) is 44.9 Å². The molecule has 4 nitrogen and oxygen atoms in total. The Balaban J connectivity index is 1.65. The van der Waals surface area contributed by atoms with Crippen LogP contribution in [0.5, 0.6) is 0 Å². The van der Waals surface area contributed by atoms with Crippen LogP contribution in [0.3, 0.4) is 0 Å². The number of nitrogens with one attached hydrogen (secondary N) is 1. The maximum absolute atomic E-state index is 5.64. The zero-order valence-electron chi connectivity index (χ0n) is 13.0. The van der Waals surface area contributed by atoms with Gasteiger partial charge in [-0.25, -0.2) is 0 Å². The van der Waals surface area contributed by atoms with Gasteiger partial charge in [0.2, 0.25) is 5.89 Å². The van der Waals surface area contributed by atoms with E-state index < -0.39 is 0 Å². The molecule has 1 aliphatic heterocycles. The van der Waals surface area contributed by atoms with E-state index in [4.69, 9.17) is 9.51 Å². The summed E-state index contributed by atoms with van der Waals surface area (Å²) in [5.41, 5.74) is 0. The molecule has 0 spiro atoms. The van der Waals surface area contributed by atoms with Crippen molar-refractivity contribution in [3.8, 4) is 0 Å². The maximum Gasteiger partial charge on any atom is 0.232 e. The van der Waals surface area contributed by atoms with Crippen LogP contribution >= 0.6 is 11.8 Å². The number of aromatic nitrogens is 2. The monoisotopic (exact) mass is 309 g/mol. The topological polar surface area (TPSA) is 51.0 Å². The van der Waals surface area contributed by atoms with E-state index in [0.717, 1.165) is 29.8 Å². The highest BCUT2D eigenvalue weighted by atomic mass is 32.2. The summed E-state index contributed by atoms with van der Waals surface area (Å²) < 4.78 is 5.64. The molecule has 5 heteroatoms. The SMILES string of the molecule is CCCNC1CSCC1c1nc(C2CCCCCC2)no1. The van der Waals surface area contributed by atoms with Crippen molar-refractivity contribution >= 4 is 11.8 Å². The van der Waals surface area contributed by atoms with E-state index in [2.05, 4.69) is 17.4 Å². The Morgan fingerprint density at radius 3 is 2.76 bits per heavy atom. The van der Waals surface area contributed by atoms with Crippen molar-refractivity contribution in [3.63, 3.8) is 0 Å². The molecule has 0 amide bonds. The van der Waals surface area contributed by atoms with Gasteiger partial charge >= 0.3 is 0 Å². The molecule has 0 aromatic carbocycles. The van der Waals surface area contributed by atoms with Crippen molar-refractivity contribution in [2.45, 2.75) is 69.7 Å². The minimum absolute atomic E-state index is 0.397. The van der Waals surface area contributed by atoms with E-state index in [0.29, 0.717) is 17.9 Å². The smallest absolute Gasteiger partial charge is 0.232 e. The number of thioether (sulfide) groups is 1. The van der Waals surface area contributed by atoms with Crippen LogP contribution in [0.4, 0.5) is 0 Å². The van der Waals surface area contributed by atoms with Gasteiger partial charge in [0.05, 0.1) is 5.92 Å². The lowest BCUT2D eigenvalue weighted by Gasteiger charge is -2.16. The zero-order chi connectivity index (χ0) is 14.5. The Labute approximate surface area is 131 Å². The van der Waals surface area contributed by atoms with E-state index in [1.54, 1.807) is 0 Å². The molecule has 1 saturated carbocycles. The van der Waals surface area contributed by atoms with Gasteiger partial charge in [0.15, 0.2) is 5.82 Å². The highest BCUT2D eigenvalue weighted by Gasteiger charge is 2.33. The summed E-state index contributed by atoms with van der Waals surface area (Å²) in [6, 6.07) is 0.498. The van der Waals surface area contributed by atoms with Gasteiger partial charge in [0.1, 0.15) is 0 Å². The summed E-state index contributed by atoms with van der Waals surface area (Å²) in [6.07, 6.45) is 8.99. The molecule has 2 heterocycles.